The van der Waals surface area contributed by atoms with Crippen molar-refractivity contribution >= 4 is 0 Å². The SMILES string of the molecule is CCCC1(CNCc2ccc(OCC#N)cc2)CC1. The molecule has 19 heavy (non-hydrogen) atoms. The van der Waals surface area contributed by atoms with E-state index in [1.165, 1.54) is 31.2 Å². The van der Waals surface area contributed by atoms with E-state index < -0.39 is 0 Å². The minimum Gasteiger partial charge on any atom is -0.479 e. The molecule has 1 aromatic carbocycles. The fourth-order valence-electron chi connectivity index (χ4n) is 2.51. The third-order valence-electron chi connectivity index (χ3n) is 3.79. The predicted octanol–water partition coefficient (Wildman–Crippen LogP) is 3.26. The third kappa shape index (κ3) is 4.25. The quantitative estimate of drug-likeness (QED) is 0.778. The van der Waals surface area contributed by atoms with E-state index in [1.54, 1.807) is 0 Å². The maximum Gasteiger partial charge on any atom is 0.174 e. The fourth-order valence-corrected chi connectivity index (χ4v) is 2.51. The van der Waals surface area contributed by atoms with Gasteiger partial charge >= 0.3 is 0 Å². The van der Waals surface area contributed by atoms with Crippen LogP contribution in [0, 0.1) is 16.7 Å². The second kappa shape index (κ2) is 6.58. The molecule has 0 atom stereocenters. The average Bonchev–Trinajstić information content (AvgIpc) is 3.18. The average molecular weight is 258 g/mol. The minimum absolute atomic E-state index is 0.108. The summed E-state index contributed by atoms with van der Waals surface area (Å²) in [5.74, 6) is 0.759. The zero-order valence-corrected chi connectivity index (χ0v) is 11.6. The van der Waals surface area contributed by atoms with Crippen molar-refractivity contribution in [2.24, 2.45) is 5.41 Å². The first-order chi connectivity index (χ1) is 9.28. The first kappa shape index (κ1) is 13.9. The molecule has 3 heteroatoms. The summed E-state index contributed by atoms with van der Waals surface area (Å²) in [6.07, 6.45) is 5.40. The van der Waals surface area contributed by atoms with Gasteiger partial charge in [0.05, 0.1) is 0 Å². The van der Waals surface area contributed by atoms with Gasteiger partial charge in [-0.25, -0.2) is 0 Å². The smallest absolute Gasteiger partial charge is 0.174 e. The maximum absolute atomic E-state index is 8.44. The molecule has 0 heterocycles. The molecular formula is C16H22N2O. The van der Waals surface area contributed by atoms with Crippen LogP contribution in [0.15, 0.2) is 24.3 Å². The summed E-state index contributed by atoms with van der Waals surface area (Å²) < 4.78 is 5.23. The van der Waals surface area contributed by atoms with Crippen LogP contribution in [0.4, 0.5) is 0 Å². The van der Waals surface area contributed by atoms with E-state index in [1.807, 2.05) is 18.2 Å². The molecule has 1 saturated carbocycles. The van der Waals surface area contributed by atoms with Crippen molar-refractivity contribution in [3.8, 4) is 11.8 Å². The molecule has 2 rings (SSSR count). The van der Waals surface area contributed by atoms with E-state index in [4.69, 9.17) is 10.00 Å². The standard InChI is InChI=1S/C16H22N2O/c1-2-7-16(8-9-16)13-18-12-14-3-5-15(6-4-14)19-11-10-17/h3-6,18H,2,7-9,11-13H2,1H3. The lowest BCUT2D eigenvalue weighted by Gasteiger charge is -2.15. The van der Waals surface area contributed by atoms with E-state index in [-0.39, 0.29) is 6.61 Å². The first-order valence-electron chi connectivity index (χ1n) is 7.07. The van der Waals surface area contributed by atoms with Crippen LogP contribution in [0.1, 0.15) is 38.2 Å². The number of nitriles is 1. The van der Waals surface area contributed by atoms with Crippen molar-refractivity contribution in [1.29, 1.82) is 5.26 Å². The highest BCUT2D eigenvalue weighted by Crippen LogP contribution is 2.48. The Morgan fingerprint density at radius 1 is 1.32 bits per heavy atom. The highest BCUT2D eigenvalue weighted by molar-refractivity contribution is 5.27. The van der Waals surface area contributed by atoms with Gasteiger partial charge in [0, 0.05) is 13.1 Å². The van der Waals surface area contributed by atoms with Crippen molar-refractivity contribution < 1.29 is 4.74 Å². The lowest BCUT2D eigenvalue weighted by Crippen LogP contribution is -2.23. The van der Waals surface area contributed by atoms with Gasteiger partial charge in [-0.1, -0.05) is 25.5 Å². The van der Waals surface area contributed by atoms with Crippen molar-refractivity contribution in [2.75, 3.05) is 13.2 Å². The molecule has 0 aliphatic heterocycles. The van der Waals surface area contributed by atoms with Crippen molar-refractivity contribution in [3.63, 3.8) is 0 Å². The summed E-state index contributed by atoms with van der Waals surface area (Å²) in [5, 5.41) is 12.0. The zero-order chi connectivity index (χ0) is 13.6. The molecular weight excluding hydrogens is 236 g/mol. The van der Waals surface area contributed by atoms with Gasteiger partial charge in [-0.3, -0.25) is 0 Å². The van der Waals surface area contributed by atoms with Gasteiger partial charge < -0.3 is 10.1 Å². The summed E-state index contributed by atoms with van der Waals surface area (Å²) in [7, 11) is 0. The molecule has 1 aliphatic carbocycles. The summed E-state index contributed by atoms with van der Waals surface area (Å²) in [6, 6.07) is 9.92. The van der Waals surface area contributed by atoms with E-state index >= 15 is 0 Å². The Kier molecular flexibility index (Phi) is 4.81. The highest BCUT2D eigenvalue weighted by atomic mass is 16.5. The minimum atomic E-state index is 0.108. The molecule has 3 nitrogen and oxygen atoms in total. The van der Waals surface area contributed by atoms with Gasteiger partial charge in [0.2, 0.25) is 0 Å². The highest BCUT2D eigenvalue weighted by Gasteiger charge is 2.40. The number of hydrogen-bond donors (Lipinski definition) is 1. The second-order valence-corrected chi connectivity index (χ2v) is 5.44. The molecule has 102 valence electrons. The Bertz CT molecular complexity index is 429. The topological polar surface area (TPSA) is 45.0 Å². The molecule has 0 saturated heterocycles. The summed E-state index contributed by atoms with van der Waals surface area (Å²) in [4.78, 5) is 0. The van der Waals surface area contributed by atoms with Crippen LogP contribution >= 0.6 is 0 Å². The molecule has 0 bridgehead atoms. The van der Waals surface area contributed by atoms with Crippen LogP contribution in [0.25, 0.3) is 0 Å². The molecule has 0 spiro atoms. The molecule has 1 N–H and O–H groups in total. The Morgan fingerprint density at radius 3 is 2.63 bits per heavy atom. The van der Waals surface area contributed by atoms with E-state index in [0.717, 1.165) is 18.8 Å². The molecule has 1 aromatic rings. The normalized spacial score (nSPS) is 15.8. The van der Waals surface area contributed by atoms with Gasteiger partial charge in [-0.05, 0) is 42.4 Å². The van der Waals surface area contributed by atoms with Crippen LogP contribution in [0.3, 0.4) is 0 Å². The predicted molar refractivity (Wildman–Crippen MR) is 75.8 cm³/mol. The van der Waals surface area contributed by atoms with E-state index in [9.17, 15) is 0 Å². The number of ether oxygens (including phenoxy) is 1. The monoisotopic (exact) mass is 258 g/mol. The number of rotatable bonds is 8. The van der Waals surface area contributed by atoms with Crippen LogP contribution in [0.5, 0.6) is 5.75 Å². The van der Waals surface area contributed by atoms with Crippen LogP contribution < -0.4 is 10.1 Å². The van der Waals surface area contributed by atoms with Crippen molar-refractivity contribution in [1.82, 2.24) is 5.32 Å². The molecule has 1 fully saturated rings. The third-order valence-corrected chi connectivity index (χ3v) is 3.79. The largest absolute Gasteiger partial charge is 0.479 e. The molecule has 0 amide bonds. The molecule has 1 aliphatic rings. The molecule has 0 aromatic heterocycles. The summed E-state index contributed by atoms with van der Waals surface area (Å²) in [5.41, 5.74) is 1.86. The van der Waals surface area contributed by atoms with Gasteiger partial charge in [-0.15, -0.1) is 0 Å². The van der Waals surface area contributed by atoms with Gasteiger partial charge in [0.1, 0.15) is 11.8 Å². The van der Waals surface area contributed by atoms with Crippen molar-refractivity contribution in [2.45, 2.75) is 39.2 Å². The summed E-state index contributed by atoms with van der Waals surface area (Å²) >= 11 is 0. The van der Waals surface area contributed by atoms with Crippen LogP contribution in [0.2, 0.25) is 0 Å². The Hall–Kier alpha value is -1.53. The van der Waals surface area contributed by atoms with Crippen LogP contribution in [-0.4, -0.2) is 13.2 Å². The van der Waals surface area contributed by atoms with E-state index in [2.05, 4.69) is 24.4 Å². The Morgan fingerprint density at radius 2 is 2.05 bits per heavy atom. The van der Waals surface area contributed by atoms with Crippen molar-refractivity contribution in [3.05, 3.63) is 29.8 Å². The molecule has 0 radical (unpaired) electrons. The van der Waals surface area contributed by atoms with Gasteiger partial charge in [-0.2, -0.15) is 5.26 Å². The van der Waals surface area contributed by atoms with Gasteiger partial charge in [0.15, 0.2) is 6.61 Å². The number of nitrogens with one attached hydrogen (secondary N) is 1. The van der Waals surface area contributed by atoms with E-state index in [0.29, 0.717) is 5.41 Å². The number of benzene rings is 1. The summed E-state index contributed by atoms with van der Waals surface area (Å²) in [6.45, 7) is 4.41. The number of nitrogens with zero attached hydrogens (tertiary/aromatic N) is 1. The lowest BCUT2D eigenvalue weighted by atomic mass is 10.0. The Labute approximate surface area is 115 Å². The second-order valence-electron chi connectivity index (χ2n) is 5.44. The van der Waals surface area contributed by atoms with Crippen LogP contribution in [-0.2, 0) is 6.54 Å². The zero-order valence-electron chi connectivity index (χ0n) is 11.6. The van der Waals surface area contributed by atoms with Gasteiger partial charge in [0.25, 0.3) is 0 Å². The first-order valence-corrected chi connectivity index (χ1v) is 7.07. The molecule has 0 unspecified atom stereocenters. The Balaban J connectivity index is 1.73. The number of hydrogen-bond acceptors (Lipinski definition) is 3. The fraction of sp³-hybridized carbons (Fsp3) is 0.562. The maximum atomic E-state index is 8.44. The lowest BCUT2D eigenvalue weighted by molar-refractivity contribution is 0.368.